The van der Waals surface area contributed by atoms with Crippen molar-refractivity contribution in [2.24, 2.45) is 5.10 Å². The molecule has 2 aromatic carbocycles. The normalized spacial score (nSPS) is 11.0. The molecule has 1 amide bonds. The molecule has 4 aromatic rings. The van der Waals surface area contributed by atoms with Crippen molar-refractivity contribution in [3.8, 4) is 17.1 Å². The predicted octanol–water partition coefficient (Wildman–Crippen LogP) is 4.55. The lowest BCUT2D eigenvalue weighted by Crippen LogP contribution is -2.17. The Bertz CT molecular complexity index is 1120. The van der Waals surface area contributed by atoms with E-state index in [9.17, 15) is 4.79 Å². The Balaban J connectivity index is 1.60. The monoisotopic (exact) mass is 390 g/mol. The fraction of sp³-hybridized carbons (Fsp3) is 0. The van der Waals surface area contributed by atoms with Gasteiger partial charge < -0.3 is 4.42 Å². The number of nitrogens with zero attached hydrogens (tertiary/aromatic N) is 3. The summed E-state index contributed by atoms with van der Waals surface area (Å²) in [5.41, 5.74) is 5.15. The van der Waals surface area contributed by atoms with Gasteiger partial charge in [-0.2, -0.15) is 10.2 Å². The number of carbonyl (C=O) groups is 1. The fourth-order valence-electron chi connectivity index (χ4n) is 2.65. The Morgan fingerprint density at radius 1 is 1.11 bits per heavy atom. The van der Waals surface area contributed by atoms with E-state index < -0.39 is 0 Å². The topological polar surface area (TPSA) is 72.4 Å². The average molecular weight is 391 g/mol. The lowest BCUT2D eigenvalue weighted by molar-refractivity contribution is 0.0955. The SMILES string of the molecule is O=C(N/N=C\c1cn(-c2ccccc2)nc1-c1ccco1)c1cccc(Cl)c1. The third kappa shape index (κ3) is 3.87. The lowest BCUT2D eigenvalue weighted by atomic mass is 10.2. The van der Waals surface area contributed by atoms with Gasteiger partial charge in [-0.25, -0.2) is 10.1 Å². The first-order valence-electron chi connectivity index (χ1n) is 8.48. The van der Waals surface area contributed by atoms with Gasteiger partial charge >= 0.3 is 0 Å². The molecule has 0 fully saturated rings. The first kappa shape index (κ1) is 17.8. The van der Waals surface area contributed by atoms with Crippen LogP contribution in [0, 0.1) is 0 Å². The van der Waals surface area contributed by atoms with Crippen molar-refractivity contribution in [2.45, 2.75) is 0 Å². The molecule has 28 heavy (non-hydrogen) atoms. The number of aromatic nitrogens is 2. The third-order valence-corrected chi connectivity index (χ3v) is 4.21. The Kier molecular flexibility index (Phi) is 5.03. The maximum absolute atomic E-state index is 12.2. The number of nitrogens with one attached hydrogen (secondary N) is 1. The second-order valence-corrected chi connectivity index (χ2v) is 6.34. The first-order valence-corrected chi connectivity index (χ1v) is 8.86. The quantitative estimate of drug-likeness (QED) is 0.401. The van der Waals surface area contributed by atoms with Crippen LogP contribution in [0.3, 0.4) is 0 Å². The van der Waals surface area contributed by atoms with E-state index in [0.29, 0.717) is 27.6 Å². The smallest absolute Gasteiger partial charge is 0.271 e. The zero-order valence-corrected chi connectivity index (χ0v) is 15.4. The number of benzene rings is 2. The van der Waals surface area contributed by atoms with Gasteiger partial charge in [0.1, 0.15) is 5.69 Å². The van der Waals surface area contributed by atoms with Crippen LogP contribution in [0.4, 0.5) is 0 Å². The molecule has 2 heterocycles. The molecule has 0 unspecified atom stereocenters. The summed E-state index contributed by atoms with van der Waals surface area (Å²) in [5, 5.41) is 9.14. The highest BCUT2D eigenvalue weighted by molar-refractivity contribution is 6.30. The van der Waals surface area contributed by atoms with Gasteiger partial charge in [0.05, 0.1) is 18.2 Å². The van der Waals surface area contributed by atoms with Crippen LogP contribution in [-0.4, -0.2) is 21.9 Å². The number of hydrogen-bond acceptors (Lipinski definition) is 4. The molecule has 138 valence electrons. The molecule has 0 radical (unpaired) electrons. The van der Waals surface area contributed by atoms with Gasteiger partial charge in [0.15, 0.2) is 5.76 Å². The van der Waals surface area contributed by atoms with Crippen LogP contribution in [0.1, 0.15) is 15.9 Å². The minimum atomic E-state index is -0.353. The molecule has 7 heteroatoms. The molecule has 6 nitrogen and oxygen atoms in total. The maximum Gasteiger partial charge on any atom is 0.271 e. The molecule has 0 saturated carbocycles. The number of amides is 1. The van der Waals surface area contributed by atoms with Crippen LogP contribution >= 0.6 is 11.6 Å². The molecule has 0 aliphatic carbocycles. The van der Waals surface area contributed by atoms with Crippen molar-refractivity contribution in [2.75, 3.05) is 0 Å². The van der Waals surface area contributed by atoms with Crippen LogP contribution in [0.15, 0.2) is 88.7 Å². The molecule has 0 spiro atoms. The maximum atomic E-state index is 12.2. The van der Waals surface area contributed by atoms with Gasteiger partial charge in [-0.15, -0.1) is 0 Å². The number of rotatable bonds is 5. The average Bonchev–Trinajstić information content (AvgIpc) is 3.38. The molecule has 0 aliphatic rings. The summed E-state index contributed by atoms with van der Waals surface area (Å²) >= 11 is 5.92. The molecule has 0 bridgehead atoms. The van der Waals surface area contributed by atoms with Gasteiger partial charge in [0.25, 0.3) is 5.91 Å². The zero-order chi connectivity index (χ0) is 19.3. The molecule has 0 saturated heterocycles. The van der Waals surface area contributed by atoms with Gasteiger partial charge in [0, 0.05) is 22.3 Å². The molecule has 0 aliphatic heterocycles. The van der Waals surface area contributed by atoms with Gasteiger partial charge in [-0.1, -0.05) is 35.9 Å². The number of carbonyl (C=O) groups excluding carboxylic acids is 1. The number of para-hydroxylation sites is 1. The predicted molar refractivity (Wildman–Crippen MR) is 108 cm³/mol. The highest BCUT2D eigenvalue weighted by atomic mass is 35.5. The largest absolute Gasteiger partial charge is 0.463 e. The van der Waals surface area contributed by atoms with Crippen molar-refractivity contribution in [3.05, 3.63) is 95.3 Å². The van der Waals surface area contributed by atoms with Gasteiger partial charge in [-0.3, -0.25) is 4.79 Å². The van der Waals surface area contributed by atoms with E-state index in [4.69, 9.17) is 16.0 Å². The number of hydrogen-bond donors (Lipinski definition) is 1. The number of halogens is 1. The Morgan fingerprint density at radius 3 is 2.71 bits per heavy atom. The molecule has 4 rings (SSSR count). The van der Waals surface area contributed by atoms with Crippen molar-refractivity contribution < 1.29 is 9.21 Å². The van der Waals surface area contributed by atoms with Crippen molar-refractivity contribution >= 4 is 23.7 Å². The van der Waals surface area contributed by atoms with Crippen LogP contribution in [0.5, 0.6) is 0 Å². The second kappa shape index (κ2) is 7.94. The molecule has 1 N–H and O–H groups in total. The fourth-order valence-corrected chi connectivity index (χ4v) is 2.84. The van der Waals surface area contributed by atoms with E-state index >= 15 is 0 Å². The Labute approximate surface area is 166 Å². The van der Waals surface area contributed by atoms with Crippen molar-refractivity contribution in [1.29, 1.82) is 0 Å². The molecular weight excluding hydrogens is 376 g/mol. The van der Waals surface area contributed by atoms with E-state index in [1.807, 2.05) is 42.6 Å². The summed E-state index contributed by atoms with van der Waals surface area (Å²) in [6.45, 7) is 0. The second-order valence-electron chi connectivity index (χ2n) is 5.90. The highest BCUT2D eigenvalue weighted by Crippen LogP contribution is 2.23. The summed E-state index contributed by atoms with van der Waals surface area (Å²) in [7, 11) is 0. The van der Waals surface area contributed by atoms with E-state index in [1.54, 1.807) is 41.3 Å². The molecular formula is C21H15ClN4O2. The summed E-state index contributed by atoms with van der Waals surface area (Å²) in [6, 6.07) is 20.0. The zero-order valence-electron chi connectivity index (χ0n) is 14.6. The highest BCUT2D eigenvalue weighted by Gasteiger charge is 2.13. The summed E-state index contributed by atoms with van der Waals surface area (Å²) in [6.07, 6.45) is 4.94. The summed E-state index contributed by atoms with van der Waals surface area (Å²) in [4.78, 5) is 12.2. The number of furan rings is 1. The standard InChI is InChI=1S/C21H15ClN4O2/c22-17-7-4-6-15(12-17)21(27)24-23-13-16-14-26(18-8-2-1-3-9-18)25-20(16)19-10-5-11-28-19/h1-14H,(H,24,27)/b23-13-. The summed E-state index contributed by atoms with van der Waals surface area (Å²) in [5.74, 6) is 0.256. The van der Waals surface area contributed by atoms with E-state index in [2.05, 4.69) is 15.6 Å². The van der Waals surface area contributed by atoms with Crippen LogP contribution < -0.4 is 5.43 Å². The molecule has 2 aromatic heterocycles. The molecule has 0 atom stereocenters. The van der Waals surface area contributed by atoms with E-state index in [0.717, 1.165) is 5.69 Å². The third-order valence-electron chi connectivity index (χ3n) is 3.97. The van der Waals surface area contributed by atoms with Crippen molar-refractivity contribution in [3.63, 3.8) is 0 Å². The first-order chi connectivity index (χ1) is 13.7. The number of hydrazone groups is 1. The van der Waals surface area contributed by atoms with Gasteiger partial charge in [-0.05, 0) is 42.5 Å². The van der Waals surface area contributed by atoms with Crippen LogP contribution in [-0.2, 0) is 0 Å². The van der Waals surface area contributed by atoms with Crippen LogP contribution in [0.2, 0.25) is 5.02 Å². The van der Waals surface area contributed by atoms with E-state index in [-0.39, 0.29) is 5.91 Å². The minimum Gasteiger partial charge on any atom is -0.463 e. The van der Waals surface area contributed by atoms with Gasteiger partial charge in [0.2, 0.25) is 0 Å². The lowest BCUT2D eigenvalue weighted by Gasteiger charge is -1.99. The summed E-state index contributed by atoms with van der Waals surface area (Å²) < 4.78 is 7.21. The Hall–Kier alpha value is -3.64. The van der Waals surface area contributed by atoms with E-state index in [1.165, 1.54) is 6.21 Å². The Morgan fingerprint density at radius 2 is 1.96 bits per heavy atom. The van der Waals surface area contributed by atoms with Crippen molar-refractivity contribution in [1.82, 2.24) is 15.2 Å². The van der Waals surface area contributed by atoms with Crippen LogP contribution in [0.25, 0.3) is 17.1 Å². The minimum absolute atomic E-state index is 0.353.